The first kappa shape index (κ1) is 19.8. The molecule has 0 unspecified atom stereocenters. The highest BCUT2D eigenvalue weighted by Gasteiger charge is 2.17. The third kappa shape index (κ3) is 3.86. The normalized spacial score (nSPS) is 11.4. The van der Waals surface area contributed by atoms with E-state index >= 15 is 0 Å². The Hall–Kier alpha value is -2.45. The zero-order valence-electron chi connectivity index (χ0n) is 16.2. The average Bonchev–Trinajstić information content (AvgIpc) is 3.27. The van der Waals surface area contributed by atoms with Gasteiger partial charge in [0.05, 0.1) is 10.2 Å². The van der Waals surface area contributed by atoms with Crippen molar-refractivity contribution in [3.05, 3.63) is 67.5 Å². The molecule has 0 spiro atoms. The molecule has 1 aromatic carbocycles. The quantitative estimate of drug-likeness (QED) is 0.462. The van der Waals surface area contributed by atoms with Gasteiger partial charge in [0.1, 0.15) is 17.9 Å². The van der Waals surface area contributed by atoms with Crippen LogP contribution in [0.2, 0.25) is 0 Å². The van der Waals surface area contributed by atoms with Crippen LogP contribution >= 0.6 is 27.3 Å². The first-order chi connectivity index (χ1) is 14.0. The van der Waals surface area contributed by atoms with E-state index in [1.54, 1.807) is 11.3 Å². The number of amides is 1. The second-order valence-corrected chi connectivity index (χ2v) is 8.90. The lowest BCUT2D eigenvalue weighted by Gasteiger charge is -2.10. The molecule has 4 rings (SSSR count). The van der Waals surface area contributed by atoms with Crippen molar-refractivity contribution in [3.8, 4) is 0 Å². The summed E-state index contributed by atoms with van der Waals surface area (Å²) in [7, 11) is 0. The fourth-order valence-electron chi connectivity index (χ4n) is 3.39. The van der Waals surface area contributed by atoms with Crippen molar-refractivity contribution in [2.45, 2.75) is 39.8 Å². The van der Waals surface area contributed by atoms with E-state index in [0.717, 1.165) is 32.5 Å². The fraction of sp³-hybridized carbons (Fsp3) is 0.286. The van der Waals surface area contributed by atoms with E-state index in [9.17, 15) is 9.59 Å². The minimum Gasteiger partial charge on any atom is -0.350 e. The van der Waals surface area contributed by atoms with E-state index in [1.807, 2.05) is 41.7 Å². The van der Waals surface area contributed by atoms with Crippen LogP contribution in [-0.4, -0.2) is 20.1 Å². The standard InChI is InChI=1S/C21H21BrN4O2S/c1-3-15-9-16-18(29-15)10-17-21(28)25(24-19(4-2)26(16)17)12-20(27)23-11-13-6-5-7-14(22)8-13/h5-10H,3-4,11-12H2,1-2H3,(H,23,27). The average molecular weight is 473 g/mol. The molecule has 0 aliphatic rings. The van der Waals surface area contributed by atoms with Gasteiger partial charge in [0, 0.05) is 22.3 Å². The molecule has 3 heterocycles. The lowest BCUT2D eigenvalue weighted by atomic mass is 10.2. The predicted octanol–water partition coefficient (Wildman–Crippen LogP) is 3.91. The zero-order chi connectivity index (χ0) is 20.5. The van der Waals surface area contributed by atoms with E-state index < -0.39 is 0 Å². The first-order valence-corrected chi connectivity index (χ1v) is 11.2. The molecule has 29 heavy (non-hydrogen) atoms. The van der Waals surface area contributed by atoms with Crippen LogP contribution < -0.4 is 10.9 Å². The van der Waals surface area contributed by atoms with Crippen molar-refractivity contribution in [1.29, 1.82) is 0 Å². The molecule has 0 aliphatic carbocycles. The number of fused-ring (bicyclic) bond motifs is 3. The van der Waals surface area contributed by atoms with Crippen molar-refractivity contribution >= 4 is 48.9 Å². The second kappa shape index (κ2) is 8.12. The number of aryl methyl sites for hydroxylation is 2. The molecule has 1 amide bonds. The lowest BCUT2D eigenvalue weighted by Crippen LogP contribution is -2.35. The second-order valence-electron chi connectivity index (χ2n) is 6.82. The van der Waals surface area contributed by atoms with Crippen LogP contribution in [0.1, 0.15) is 30.1 Å². The van der Waals surface area contributed by atoms with Crippen molar-refractivity contribution in [2.24, 2.45) is 0 Å². The van der Waals surface area contributed by atoms with E-state index in [4.69, 9.17) is 0 Å². The third-order valence-corrected chi connectivity index (χ3v) is 6.53. The van der Waals surface area contributed by atoms with Gasteiger partial charge in [0.15, 0.2) is 0 Å². The molecule has 0 bridgehead atoms. The molecule has 0 saturated carbocycles. The summed E-state index contributed by atoms with van der Waals surface area (Å²) in [6.07, 6.45) is 1.63. The Balaban J connectivity index is 1.62. The number of aromatic nitrogens is 3. The molecule has 8 heteroatoms. The maximum atomic E-state index is 13.0. The van der Waals surface area contributed by atoms with Gasteiger partial charge in [-0.05, 0) is 36.2 Å². The van der Waals surface area contributed by atoms with Gasteiger partial charge in [-0.1, -0.05) is 41.9 Å². The van der Waals surface area contributed by atoms with Crippen molar-refractivity contribution in [3.63, 3.8) is 0 Å². The van der Waals surface area contributed by atoms with Crippen LogP contribution in [0.3, 0.4) is 0 Å². The van der Waals surface area contributed by atoms with Crippen LogP contribution in [0.4, 0.5) is 0 Å². The van der Waals surface area contributed by atoms with Crippen LogP contribution in [0.5, 0.6) is 0 Å². The molecule has 0 radical (unpaired) electrons. The molecule has 150 valence electrons. The number of carbonyl (C=O) groups is 1. The number of nitrogens with one attached hydrogen (secondary N) is 1. The maximum absolute atomic E-state index is 13.0. The zero-order valence-corrected chi connectivity index (χ0v) is 18.6. The summed E-state index contributed by atoms with van der Waals surface area (Å²) in [6.45, 7) is 4.42. The van der Waals surface area contributed by atoms with Gasteiger partial charge in [0.2, 0.25) is 5.91 Å². The Labute approximate surface area is 180 Å². The smallest absolute Gasteiger partial charge is 0.291 e. The van der Waals surface area contributed by atoms with Gasteiger partial charge in [-0.25, -0.2) is 4.68 Å². The fourth-order valence-corrected chi connectivity index (χ4v) is 4.86. The van der Waals surface area contributed by atoms with Crippen LogP contribution in [0.25, 0.3) is 15.7 Å². The molecule has 1 N–H and O–H groups in total. The van der Waals surface area contributed by atoms with Gasteiger partial charge >= 0.3 is 0 Å². The Morgan fingerprint density at radius 3 is 2.72 bits per heavy atom. The van der Waals surface area contributed by atoms with E-state index in [-0.39, 0.29) is 18.0 Å². The number of halogens is 1. The van der Waals surface area contributed by atoms with Crippen LogP contribution in [0.15, 0.2) is 45.7 Å². The summed E-state index contributed by atoms with van der Waals surface area (Å²) in [5, 5.41) is 7.35. The van der Waals surface area contributed by atoms with Crippen molar-refractivity contribution in [1.82, 2.24) is 19.5 Å². The largest absolute Gasteiger partial charge is 0.350 e. The molecule has 4 aromatic rings. The van der Waals surface area contributed by atoms with Gasteiger partial charge in [-0.3, -0.25) is 14.0 Å². The molecule has 3 aromatic heterocycles. The number of thiophene rings is 1. The van der Waals surface area contributed by atoms with Gasteiger partial charge < -0.3 is 5.32 Å². The summed E-state index contributed by atoms with van der Waals surface area (Å²) in [6, 6.07) is 11.8. The molecule has 6 nitrogen and oxygen atoms in total. The monoisotopic (exact) mass is 472 g/mol. The van der Waals surface area contributed by atoms with Crippen LogP contribution in [0, 0.1) is 0 Å². The highest BCUT2D eigenvalue weighted by atomic mass is 79.9. The first-order valence-electron chi connectivity index (χ1n) is 9.55. The summed E-state index contributed by atoms with van der Waals surface area (Å²) in [5.74, 6) is 0.530. The Morgan fingerprint density at radius 1 is 1.17 bits per heavy atom. The van der Waals surface area contributed by atoms with Gasteiger partial charge in [0.25, 0.3) is 5.56 Å². The number of rotatable bonds is 6. The number of benzene rings is 1. The number of carbonyl (C=O) groups excluding carboxylic acids is 1. The molecule has 0 atom stereocenters. The third-order valence-electron chi connectivity index (χ3n) is 4.83. The molecule has 0 saturated heterocycles. The van der Waals surface area contributed by atoms with E-state index in [0.29, 0.717) is 18.5 Å². The van der Waals surface area contributed by atoms with E-state index in [1.165, 1.54) is 9.56 Å². The Morgan fingerprint density at radius 2 is 2.00 bits per heavy atom. The molecular formula is C21H21BrN4O2S. The summed E-state index contributed by atoms with van der Waals surface area (Å²) in [4.78, 5) is 26.7. The Bertz CT molecular complexity index is 1270. The maximum Gasteiger partial charge on any atom is 0.291 e. The van der Waals surface area contributed by atoms with E-state index in [2.05, 4.69) is 39.3 Å². The summed E-state index contributed by atoms with van der Waals surface area (Å²) >= 11 is 5.12. The molecular weight excluding hydrogens is 452 g/mol. The van der Waals surface area contributed by atoms with Crippen molar-refractivity contribution < 1.29 is 4.79 Å². The molecule has 0 fully saturated rings. The minimum atomic E-state index is -0.249. The van der Waals surface area contributed by atoms with Crippen molar-refractivity contribution in [2.75, 3.05) is 0 Å². The SMILES string of the molecule is CCc1cc2c(cc3c(=O)n(CC(=O)NCc4cccc(Br)c4)nc(CC)n32)s1. The minimum absolute atomic E-state index is 0.102. The number of nitrogens with zero attached hydrogens (tertiary/aromatic N) is 3. The number of hydrogen-bond acceptors (Lipinski definition) is 4. The highest BCUT2D eigenvalue weighted by Crippen LogP contribution is 2.29. The predicted molar refractivity (Wildman–Crippen MR) is 120 cm³/mol. The van der Waals surface area contributed by atoms with Crippen LogP contribution in [-0.2, 0) is 30.7 Å². The Kier molecular flexibility index (Phi) is 5.56. The lowest BCUT2D eigenvalue weighted by molar-refractivity contribution is -0.122. The summed E-state index contributed by atoms with van der Waals surface area (Å²) < 4.78 is 5.24. The number of hydrogen-bond donors (Lipinski definition) is 1. The van der Waals surface area contributed by atoms with Gasteiger partial charge in [-0.15, -0.1) is 11.3 Å². The van der Waals surface area contributed by atoms with Gasteiger partial charge in [-0.2, -0.15) is 5.10 Å². The highest BCUT2D eigenvalue weighted by molar-refractivity contribution is 9.10. The summed E-state index contributed by atoms with van der Waals surface area (Å²) in [5.41, 5.74) is 2.33. The molecule has 0 aliphatic heterocycles. The topological polar surface area (TPSA) is 68.4 Å².